The van der Waals surface area contributed by atoms with E-state index in [1.807, 2.05) is 13.1 Å². The average molecular weight is 241 g/mol. The van der Waals surface area contributed by atoms with Crippen molar-refractivity contribution in [2.45, 2.75) is 20.5 Å². The molecule has 0 saturated carbocycles. The Labute approximate surface area is 108 Å². The first-order valence-corrected chi connectivity index (χ1v) is 6.15. The molecular formula is C16H19NO. The molecular weight excluding hydrogens is 222 g/mol. The third kappa shape index (κ3) is 2.39. The van der Waals surface area contributed by atoms with Crippen LogP contribution < -0.4 is 5.32 Å². The lowest BCUT2D eigenvalue weighted by molar-refractivity contribution is 0.282. The van der Waals surface area contributed by atoms with Gasteiger partial charge in [0, 0.05) is 12.7 Å². The molecule has 0 spiro atoms. The SMILES string of the molecule is CNc1cc(CO)cc(-c2c(C)cccc2C)c1. The monoisotopic (exact) mass is 241 g/mol. The van der Waals surface area contributed by atoms with E-state index in [2.05, 4.69) is 49.5 Å². The Balaban J connectivity index is 2.63. The number of aryl methyl sites for hydroxylation is 2. The van der Waals surface area contributed by atoms with Gasteiger partial charge < -0.3 is 10.4 Å². The van der Waals surface area contributed by atoms with Crippen LogP contribution in [0.25, 0.3) is 11.1 Å². The van der Waals surface area contributed by atoms with Gasteiger partial charge in [-0.1, -0.05) is 18.2 Å². The second kappa shape index (κ2) is 5.23. The summed E-state index contributed by atoms with van der Waals surface area (Å²) in [6.07, 6.45) is 0. The quantitative estimate of drug-likeness (QED) is 0.862. The summed E-state index contributed by atoms with van der Waals surface area (Å²) in [5.74, 6) is 0. The van der Waals surface area contributed by atoms with Crippen molar-refractivity contribution in [3.8, 4) is 11.1 Å². The first-order chi connectivity index (χ1) is 8.65. The Morgan fingerprint density at radius 1 is 1.06 bits per heavy atom. The Hall–Kier alpha value is -1.80. The van der Waals surface area contributed by atoms with E-state index in [4.69, 9.17) is 0 Å². The number of rotatable bonds is 3. The summed E-state index contributed by atoms with van der Waals surface area (Å²) in [7, 11) is 1.89. The van der Waals surface area contributed by atoms with Gasteiger partial charge in [0.15, 0.2) is 0 Å². The molecule has 2 nitrogen and oxygen atoms in total. The summed E-state index contributed by atoms with van der Waals surface area (Å²) in [6.45, 7) is 4.30. The third-order valence-electron chi connectivity index (χ3n) is 3.23. The predicted molar refractivity (Wildman–Crippen MR) is 76.8 cm³/mol. The first kappa shape index (κ1) is 12.7. The van der Waals surface area contributed by atoms with Gasteiger partial charge in [0.2, 0.25) is 0 Å². The molecule has 0 amide bonds. The van der Waals surface area contributed by atoms with Crippen LogP contribution in [0.3, 0.4) is 0 Å². The zero-order valence-electron chi connectivity index (χ0n) is 11.1. The van der Waals surface area contributed by atoms with Gasteiger partial charge in [-0.05, 0) is 59.9 Å². The standard InChI is InChI=1S/C16H19NO/c1-11-5-4-6-12(2)16(11)14-7-13(10-18)8-15(9-14)17-3/h4-9,17-18H,10H2,1-3H3. The topological polar surface area (TPSA) is 32.3 Å². The fourth-order valence-electron chi connectivity index (χ4n) is 2.34. The molecule has 0 aliphatic heterocycles. The number of benzene rings is 2. The van der Waals surface area contributed by atoms with Crippen molar-refractivity contribution in [1.29, 1.82) is 0 Å². The summed E-state index contributed by atoms with van der Waals surface area (Å²) in [6, 6.07) is 12.4. The Kier molecular flexibility index (Phi) is 3.68. The van der Waals surface area contributed by atoms with E-state index in [0.717, 1.165) is 16.8 Å². The van der Waals surface area contributed by atoms with Crippen LogP contribution in [0.5, 0.6) is 0 Å². The molecule has 0 heterocycles. The van der Waals surface area contributed by atoms with E-state index < -0.39 is 0 Å². The highest BCUT2D eigenvalue weighted by molar-refractivity contribution is 5.74. The van der Waals surface area contributed by atoms with E-state index in [1.54, 1.807) is 0 Å². The Morgan fingerprint density at radius 2 is 1.72 bits per heavy atom. The molecule has 0 aromatic heterocycles. The van der Waals surface area contributed by atoms with Gasteiger partial charge in [-0.15, -0.1) is 0 Å². The van der Waals surface area contributed by atoms with E-state index in [0.29, 0.717) is 0 Å². The van der Waals surface area contributed by atoms with Crippen LogP contribution in [-0.2, 0) is 6.61 Å². The predicted octanol–water partition coefficient (Wildman–Crippen LogP) is 3.50. The molecule has 0 bridgehead atoms. The molecule has 18 heavy (non-hydrogen) atoms. The molecule has 0 aliphatic carbocycles. The molecule has 0 fully saturated rings. The smallest absolute Gasteiger partial charge is 0.0682 e. The van der Waals surface area contributed by atoms with Crippen LogP contribution in [0.15, 0.2) is 36.4 Å². The zero-order valence-corrected chi connectivity index (χ0v) is 11.1. The van der Waals surface area contributed by atoms with Gasteiger partial charge in [-0.3, -0.25) is 0 Å². The summed E-state index contributed by atoms with van der Waals surface area (Å²) < 4.78 is 0. The molecule has 2 rings (SSSR count). The lowest BCUT2D eigenvalue weighted by atomic mass is 9.94. The molecule has 94 valence electrons. The normalized spacial score (nSPS) is 10.4. The van der Waals surface area contributed by atoms with Crippen LogP contribution in [0.1, 0.15) is 16.7 Å². The van der Waals surface area contributed by atoms with E-state index in [9.17, 15) is 5.11 Å². The summed E-state index contributed by atoms with van der Waals surface area (Å²) in [5, 5.41) is 12.5. The average Bonchev–Trinajstić information content (AvgIpc) is 2.38. The fraction of sp³-hybridized carbons (Fsp3) is 0.250. The van der Waals surface area contributed by atoms with Crippen molar-refractivity contribution in [3.63, 3.8) is 0 Å². The van der Waals surface area contributed by atoms with Gasteiger partial charge in [-0.2, -0.15) is 0 Å². The molecule has 0 aliphatic rings. The number of hydrogen-bond acceptors (Lipinski definition) is 2. The lowest BCUT2D eigenvalue weighted by Crippen LogP contribution is -1.94. The van der Waals surface area contributed by atoms with Crippen molar-refractivity contribution >= 4 is 5.69 Å². The highest BCUT2D eigenvalue weighted by Gasteiger charge is 2.07. The Bertz CT molecular complexity index is 519. The van der Waals surface area contributed by atoms with E-state index in [1.165, 1.54) is 16.7 Å². The van der Waals surface area contributed by atoms with Crippen molar-refractivity contribution in [2.75, 3.05) is 12.4 Å². The van der Waals surface area contributed by atoms with Crippen molar-refractivity contribution in [1.82, 2.24) is 0 Å². The van der Waals surface area contributed by atoms with E-state index in [-0.39, 0.29) is 6.61 Å². The van der Waals surface area contributed by atoms with Crippen molar-refractivity contribution in [3.05, 3.63) is 53.1 Å². The molecule has 0 atom stereocenters. The zero-order chi connectivity index (χ0) is 13.1. The molecule has 2 heteroatoms. The maximum absolute atomic E-state index is 9.34. The van der Waals surface area contributed by atoms with Crippen LogP contribution in [0.2, 0.25) is 0 Å². The number of hydrogen-bond donors (Lipinski definition) is 2. The molecule has 2 N–H and O–H groups in total. The van der Waals surface area contributed by atoms with Gasteiger partial charge >= 0.3 is 0 Å². The number of anilines is 1. The fourth-order valence-corrected chi connectivity index (χ4v) is 2.34. The Morgan fingerprint density at radius 3 is 2.28 bits per heavy atom. The molecule has 0 saturated heterocycles. The largest absolute Gasteiger partial charge is 0.392 e. The number of aliphatic hydroxyl groups is 1. The van der Waals surface area contributed by atoms with E-state index >= 15 is 0 Å². The van der Waals surface area contributed by atoms with Gasteiger partial charge in [0.05, 0.1) is 6.61 Å². The van der Waals surface area contributed by atoms with Crippen LogP contribution in [0.4, 0.5) is 5.69 Å². The second-order valence-corrected chi connectivity index (χ2v) is 4.59. The van der Waals surface area contributed by atoms with Crippen molar-refractivity contribution in [2.24, 2.45) is 0 Å². The van der Waals surface area contributed by atoms with Crippen LogP contribution in [-0.4, -0.2) is 12.2 Å². The molecule has 0 radical (unpaired) electrons. The lowest BCUT2D eigenvalue weighted by Gasteiger charge is -2.13. The second-order valence-electron chi connectivity index (χ2n) is 4.59. The summed E-state index contributed by atoms with van der Waals surface area (Å²) >= 11 is 0. The van der Waals surface area contributed by atoms with Gasteiger partial charge in [-0.25, -0.2) is 0 Å². The van der Waals surface area contributed by atoms with Crippen molar-refractivity contribution < 1.29 is 5.11 Å². The molecule has 0 unspecified atom stereocenters. The summed E-state index contributed by atoms with van der Waals surface area (Å²) in [4.78, 5) is 0. The molecule has 2 aromatic carbocycles. The highest BCUT2D eigenvalue weighted by atomic mass is 16.3. The summed E-state index contributed by atoms with van der Waals surface area (Å²) in [5.41, 5.74) is 6.88. The van der Waals surface area contributed by atoms with Gasteiger partial charge in [0.25, 0.3) is 0 Å². The van der Waals surface area contributed by atoms with Gasteiger partial charge in [0.1, 0.15) is 0 Å². The maximum atomic E-state index is 9.34. The third-order valence-corrected chi connectivity index (χ3v) is 3.23. The highest BCUT2D eigenvalue weighted by Crippen LogP contribution is 2.30. The molecule has 2 aromatic rings. The number of aliphatic hydroxyl groups excluding tert-OH is 1. The minimum atomic E-state index is 0.0629. The first-order valence-electron chi connectivity index (χ1n) is 6.15. The maximum Gasteiger partial charge on any atom is 0.0682 e. The van der Waals surface area contributed by atoms with Crippen LogP contribution in [0, 0.1) is 13.8 Å². The minimum Gasteiger partial charge on any atom is -0.392 e. The van der Waals surface area contributed by atoms with Crippen LogP contribution >= 0.6 is 0 Å². The minimum absolute atomic E-state index is 0.0629. The number of nitrogens with one attached hydrogen (secondary N) is 1.